The molecule has 3 aliphatic carbocycles. The molecule has 10 nitrogen and oxygen atoms in total. The number of ether oxygens (including phenoxy) is 1. The first kappa shape index (κ1) is 24.8. The fraction of sp³-hybridized carbons (Fsp3) is 0.833. The van der Waals surface area contributed by atoms with E-state index in [9.17, 15) is 29.4 Å². The van der Waals surface area contributed by atoms with E-state index in [1.807, 2.05) is 6.92 Å². The molecule has 4 aliphatic rings. The predicted octanol–water partition coefficient (Wildman–Crippen LogP) is 1.26. The van der Waals surface area contributed by atoms with Crippen molar-refractivity contribution in [3.63, 3.8) is 0 Å². The van der Waals surface area contributed by atoms with E-state index in [-0.39, 0.29) is 25.0 Å². The summed E-state index contributed by atoms with van der Waals surface area (Å²) in [5.41, 5.74) is -2.00. The molecular formula is C24H37N3O7. The zero-order valence-electron chi connectivity index (χ0n) is 20.4. The standard InChI is InChI=1S/C24H37N3O7/c1-5-14-10-24(14,21(31)32)26-19(29)17-9-15(28)11-27(17)20(30)18(23(2,3)4)25-22(33)34-16-7-12-6-13(12)8-16/h12-18,28H,5-11H2,1-4H3,(H,25,33)(H,26,29)(H,31,32)/t12-,13+,14-,15-,16?,17+,18-,24-/m1/s1. The van der Waals surface area contributed by atoms with Crippen LogP contribution in [0.2, 0.25) is 0 Å². The van der Waals surface area contributed by atoms with Gasteiger partial charge < -0.3 is 30.5 Å². The summed E-state index contributed by atoms with van der Waals surface area (Å²) in [4.78, 5) is 52.3. The molecule has 4 fully saturated rings. The average Bonchev–Trinajstić information content (AvgIpc) is 3.56. The Morgan fingerprint density at radius 2 is 1.76 bits per heavy atom. The second-order valence-corrected chi connectivity index (χ2v) is 11.7. The highest BCUT2D eigenvalue weighted by molar-refractivity contribution is 5.96. The molecule has 0 aromatic carbocycles. The molecule has 1 unspecified atom stereocenters. The number of alkyl carbamates (subject to hydrolysis) is 1. The number of likely N-dealkylation sites (tertiary alicyclic amines) is 1. The van der Waals surface area contributed by atoms with Crippen LogP contribution in [0, 0.1) is 23.2 Å². The number of carbonyl (C=O) groups excluding carboxylic acids is 3. The molecule has 1 aliphatic heterocycles. The van der Waals surface area contributed by atoms with Crippen LogP contribution in [-0.2, 0) is 19.1 Å². The lowest BCUT2D eigenvalue weighted by Crippen LogP contribution is -2.59. The SMILES string of the molecule is CC[C@@H]1C[C@]1(NC(=O)[C@@H]1C[C@@H](O)CN1C(=O)[C@@H](NC(=O)OC1C[C@@H]2C[C@@H]2C1)C(C)(C)C)C(=O)O. The third-order valence-electron chi connectivity index (χ3n) is 8.04. The van der Waals surface area contributed by atoms with Gasteiger partial charge in [0.25, 0.3) is 0 Å². The van der Waals surface area contributed by atoms with Gasteiger partial charge in [-0.3, -0.25) is 9.59 Å². The zero-order chi connectivity index (χ0) is 25.0. The highest BCUT2D eigenvalue weighted by Crippen LogP contribution is 2.52. The highest BCUT2D eigenvalue weighted by atomic mass is 16.6. The second kappa shape index (κ2) is 8.70. The van der Waals surface area contributed by atoms with E-state index in [1.165, 1.54) is 11.3 Å². The summed E-state index contributed by atoms with van der Waals surface area (Å²) in [5, 5.41) is 25.3. The van der Waals surface area contributed by atoms with Crippen molar-refractivity contribution in [3.8, 4) is 0 Å². The van der Waals surface area contributed by atoms with E-state index in [0.29, 0.717) is 24.7 Å². The fourth-order valence-corrected chi connectivity index (χ4v) is 5.77. The summed E-state index contributed by atoms with van der Waals surface area (Å²) in [6.45, 7) is 7.21. The van der Waals surface area contributed by atoms with Crippen LogP contribution < -0.4 is 10.6 Å². The van der Waals surface area contributed by atoms with E-state index >= 15 is 0 Å². The number of rotatable bonds is 7. The monoisotopic (exact) mass is 479 g/mol. The van der Waals surface area contributed by atoms with Gasteiger partial charge in [-0.05, 0) is 48.9 Å². The van der Waals surface area contributed by atoms with Crippen molar-refractivity contribution in [2.75, 3.05) is 6.54 Å². The number of nitrogens with one attached hydrogen (secondary N) is 2. The molecule has 0 aromatic rings. The Morgan fingerprint density at radius 3 is 2.29 bits per heavy atom. The van der Waals surface area contributed by atoms with Gasteiger partial charge in [0.2, 0.25) is 11.8 Å². The number of hydrogen-bond donors (Lipinski definition) is 4. The van der Waals surface area contributed by atoms with Crippen LogP contribution in [-0.4, -0.2) is 75.4 Å². The lowest BCUT2D eigenvalue weighted by atomic mass is 9.85. The number of fused-ring (bicyclic) bond motifs is 1. The Bertz CT molecular complexity index is 861. The van der Waals surface area contributed by atoms with Crippen molar-refractivity contribution in [1.82, 2.24) is 15.5 Å². The number of carboxylic acids is 1. The molecule has 3 amide bonds. The first-order valence-corrected chi connectivity index (χ1v) is 12.4. The van der Waals surface area contributed by atoms with Gasteiger partial charge in [-0.25, -0.2) is 9.59 Å². The van der Waals surface area contributed by atoms with Crippen molar-refractivity contribution in [1.29, 1.82) is 0 Å². The topological polar surface area (TPSA) is 145 Å². The number of nitrogens with zero attached hydrogens (tertiary/aromatic N) is 1. The molecule has 4 N–H and O–H groups in total. The maximum Gasteiger partial charge on any atom is 0.408 e. The van der Waals surface area contributed by atoms with Gasteiger partial charge in [0.05, 0.1) is 6.10 Å². The molecular weight excluding hydrogens is 442 g/mol. The van der Waals surface area contributed by atoms with Crippen LogP contribution in [0.5, 0.6) is 0 Å². The van der Waals surface area contributed by atoms with Gasteiger partial charge in [-0.15, -0.1) is 0 Å². The number of aliphatic carboxylic acids is 1. The zero-order valence-corrected chi connectivity index (χ0v) is 20.4. The number of carbonyl (C=O) groups is 4. The summed E-state index contributed by atoms with van der Waals surface area (Å²) in [6, 6.07) is -1.99. The predicted molar refractivity (Wildman–Crippen MR) is 121 cm³/mol. The van der Waals surface area contributed by atoms with Gasteiger partial charge >= 0.3 is 12.1 Å². The molecule has 190 valence electrons. The summed E-state index contributed by atoms with van der Waals surface area (Å²) < 4.78 is 5.56. The Morgan fingerprint density at radius 1 is 1.12 bits per heavy atom. The van der Waals surface area contributed by atoms with Crippen molar-refractivity contribution in [3.05, 3.63) is 0 Å². The van der Waals surface area contributed by atoms with Crippen molar-refractivity contribution in [2.24, 2.45) is 23.2 Å². The van der Waals surface area contributed by atoms with Crippen LogP contribution in [0.3, 0.4) is 0 Å². The smallest absolute Gasteiger partial charge is 0.408 e. The van der Waals surface area contributed by atoms with Gasteiger partial charge in [-0.2, -0.15) is 0 Å². The number of aliphatic hydroxyl groups excluding tert-OH is 1. The Hall–Kier alpha value is -2.36. The Balaban J connectivity index is 1.44. The van der Waals surface area contributed by atoms with Crippen LogP contribution in [0.4, 0.5) is 4.79 Å². The first-order valence-electron chi connectivity index (χ1n) is 12.4. The molecule has 1 saturated heterocycles. The summed E-state index contributed by atoms with van der Waals surface area (Å²) in [7, 11) is 0. The number of carboxylic acid groups (broad SMARTS) is 1. The Labute approximate surface area is 199 Å². The van der Waals surface area contributed by atoms with E-state index in [1.54, 1.807) is 20.8 Å². The minimum absolute atomic E-state index is 0.0101. The lowest BCUT2D eigenvalue weighted by molar-refractivity contribution is -0.146. The van der Waals surface area contributed by atoms with E-state index < -0.39 is 53.0 Å². The van der Waals surface area contributed by atoms with Crippen LogP contribution in [0.15, 0.2) is 0 Å². The second-order valence-electron chi connectivity index (χ2n) is 11.7. The molecule has 1 heterocycles. The third kappa shape index (κ3) is 4.74. The quantitative estimate of drug-likeness (QED) is 0.430. The maximum absolute atomic E-state index is 13.6. The molecule has 8 atom stereocenters. The van der Waals surface area contributed by atoms with Gasteiger partial charge in [-0.1, -0.05) is 34.1 Å². The minimum Gasteiger partial charge on any atom is -0.479 e. The van der Waals surface area contributed by atoms with Crippen molar-refractivity contribution >= 4 is 23.9 Å². The van der Waals surface area contributed by atoms with Gasteiger partial charge in [0.1, 0.15) is 23.7 Å². The largest absolute Gasteiger partial charge is 0.479 e. The van der Waals surface area contributed by atoms with Crippen molar-refractivity contribution in [2.45, 2.75) is 96.1 Å². The molecule has 10 heteroatoms. The highest BCUT2D eigenvalue weighted by Gasteiger charge is 2.61. The number of aliphatic hydroxyl groups is 1. The number of amides is 3. The summed E-state index contributed by atoms with van der Waals surface area (Å²) in [5.74, 6) is -1.05. The normalized spacial score (nSPS) is 36.9. The van der Waals surface area contributed by atoms with E-state index in [2.05, 4.69) is 10.6 Å². The molecule has 0 aromatic heterocycles. The van der Waals surface area contributed by atoms with Crippen LogP contribution >= 0.6 is 0 Å². The molecule has 0 radical (unpaired) electrons. The fourth-order valence-electron chi connectivity index (χ4n) is 5.77. The summed E-state index contributed by atoms with van der Waals surface area (Å²) >= 11 is 0. The summed E-state index contributed by atoms with van der Waals surface area (Å²) in [6.07, 6.45) is 2.17. The number of hydrogen-bond acceptors (Lipinski definition) is 6. The lowest BCUT2D eigenvalue weighted by Gasteiger charge is -2.35. The van der Waals surface area contributed by atoms with E-state index in [0.717, 1.165) is 12.8 Å². The molecule has 3 saturated carbocycles. The molecule has 34 heavy (non-hydrogen) atoms. The van der Waals surface area contributed by atoms with Gasteiger partial charge in [0, 0.05) is 13.0 Å². The third-order valence-corrected chi connectivity index (χ3v) is 8.04. The minimum atomic E-state index is -1.32. The van der Waals surface area contributed by atoms with Gasteiger partial charge in [0.15, 0.2) is 0 Å². The average molecular weight is 480 g/mol. The Kier molecular flexibility index (Phi) is 6.33. The first-order chi connectivity index (χ1) is 15.9. The molecule has 0 bridgehead atoms. The van der Waals surface area contributed by atoms with Crippen LogP contribution in [0.1, 0.15) is 66.2 Å². The van der Waals surface area contributed by atoms with Crippen molar-refractivity contribution < 1.29 is 34.1 Å². The van der Waals surface area contributed by atoms with E-state index in [4.69, 9.17) is 4.74 Å². The maximum atomic E-state index is 13.6. The van der Waals surface area contributed by atoms with Crippen LogP contribution in [0.25, 0.3) is 0 Å². The number of β-amino-alcohol motifs (C(OH)–C–C–N with tert-alkyl or cyclic N) is 1. The molecule has 0 spiro atoms. The molecule has 4 rings (SSSR count).